The van der Waals surface area contributed by atoms with Crippen LogP contribution in [-0.4, -0.2) is 24.0 Å². The van der Waals surface area contributed by atoms with Crippen molar-refractivity contribution in [3.8, 4) is 17.0 Å². The third-order valence-electron chi connectivity index (χ3n) is 4.15. The number of amides is 1. The van der Waals surface area contributed by atoms with Gasteiger partial charge >= 0.3 is 0 Å². The van der Waals surface area contributed by atoms with Crippen LogP contribution in [0.1, 0.15) is 25.5 Å². The molecule has 0 aliphatic rings. The van der Waals surface area contributed by atoms with E-state index in [1.54, 1.807) is 0 Å². The van der Waals surface area contributed by atoms with E-state index in [1.165, 1.54) is 11.3 Å². The number of rotatable bonds is 8. The standard InChI is InChI=1S/C21H22BrN3O2S/c1-3-27-18-10-6-15(7-11-18)14(2)23-12-20(26)25-21-24-19(13-28-21)16-4-8-17(22)9-5-16/h4-11,13-14,23H,3,12H2,1-2H3,(H,24,25,26)/t14-/m1/s1. The number of ether oxygens (including phenoxy) is 1. The Hall–Kier alpha value is -2.22. The van der Waals surface area contributed by atoms with Crippen LogP contribution in [0.15, 0.2) is 58.4 Å². The van der Waals surface area contributed by atoms with Crippen LogP contribution in [-0.2, 0) is 4.79 Å². The number of hydrogen-bond acceptors (Lipinski definition) is 5. The number of carbonyl (C=O) groups excluding carboxylic acids is 1. The summed E-state index contributed by atoms with van der Waals surface area (Å²) in [6, 6.07) is 15.9. The summed E-state index contributed by atoms with van der Waals surface area (Å²) in [4.78, 5) is 16.7. The van der Waals surface area contributed by atoms with Gasteiger partial charge in [0.2, 0.25) is 5.91 Å². The van der Waals surface area contributed by atoms with Gasteiger partial charge in [-0.05, 0) is 43.7 Å². The Labute approximate surface area is 177 Å². The van der Waals surface area contributed by atoms with Gasteiger partial charge in [-0.15, -0.1) is 11.3 Å². The van der Waals surface area contributed by atoms with Gasteiger partial charge in [-0.3, -0.25) is 4.79 Å². The predicted octanol–water partition coefficient (Wildman–Crippen LogP) is 5.26. The highest BCUT2D eigenvalue weighted by Gasteiger charge is 2.11. The SMILES string of the molecule is CCOc1ccc([C@@H](C)NCC(=O)Nc2nc(-c3ccc(Br)cc3)cs2)cc1. The lowest BCUT2D eigenvalue weighted by Crippen LogP contribution is -2.30. The molecule has 28 heavy (non-hydrogen) atoms. The molecule has 2 aromatic carbocycles. The summed E-state index contributed by atoms with van der Waals surface area (Å²) in [6.07, 6.45) is 0. The lowest BCUT2D eigenvalue weighted by molar-refractivity contribution is -0.115. The number of benzene rings is 2. The number of anilines is 1. The van der Waals surface area contributed by atoms with Crippen LogP contribution >= 0.6 is 27.3 Å². The molecule has 1 heterocycles. The second-order valence-electron chi connectivity index (χ2n) is 6.20. The minimum atomic E-state index is -0.116. The van der Waals surface area contributed by atoms with E-state index < -0.39 is 0 Å². The smallest absolute Gasteiger partial charge is 0.240 e. The Morgan fingerprint density at radius 2 is 1.89 bits per heavy atom. The number of thiazole rings is 1. The van der Waals surface area contributed by atoms with Gasteiger partial charge in [0, 0.05) is 21.5 Å². The molecule has 1 atom stereocenters. The first-order valence-corrected chi connectivity index (χ1v) is 10.7. The fraction of sp³-hybridized carbons (Fsp3) is 0.238. The van der Waals surface area contributed by atoms with Crippen LogP contribution in [0.25, 0.3) is 11.3 Å². The van der Waals surface area contributed by atoms with Crippen molar-refractivity contribution in [2.75, 3.05) is 18.5 Å². The molecule has 0 aliphatic carbocycles. The molecular weight excluding hydrogens is 438 g/mol. The lowest BCUT2D eigenvalue weighted by Gasteiger charge is -2.14. The molecule has 5 nitrogen and oxygen atoms in total. The second-order valence-corrected chi connectivity index (χ2v) is 7.97. The summed E-state index contributed by atoms with van der Waals surface area (Å²) < 4.78 is 6.47. The van der Waals surface area contributed by atoms with Crippen molar-refractivity contribution in [2.45, 2.75) is 19.9 Å². The molecule has 0 aliphatic heterocycles. The van der Waals surface area contributed by atoms with Gasteiger partial charge in [-0.1, -0.05) is 40.2 Å². The first kappa shape index (κ1) is 20.5. The van der Waals surface area contributed by atoms with Crippen molar-refractivity contribution in [3.63, 3.8) is 0 Å². The Balaban J connectivity index is 1.51. The minimum Gasteiger partial charge on any atom is -0.494 e. The Bertz CT molecular complexity index is 910. The van der Waals surface area contributed by atoms with Crippen molar-refractivity contribution in [3.05, 3.63) is 63.9 Å². The number of carbonyl (C=O) groups is 1. The van der Waals surface area contributed by atoms with E-state index in [0.717, 1.165) is 27.0 Å². The number of hydrogen-bond donors (Lipinski definition) is 2. The first-order valence-electron chi connectivity index (χ1n) is 9.02. The van der Waals surface area contributed by atoms with Crippen LogP contribution in [0.5, 0.6) is 5.75 Å². The van der Waals surface area contributed by atoms with Crippen molar-refractivity contribution in [1.82, 2.24) is 10.3 Å². The molecule has 0 unspecified atom stereocenters. The van der Waals surface area contributed by atoms with Gasteiger partial charge in [0.15, 0.2) is 5.13 Å². The first-order chi connectivity index (χ1) is 13.5. The summed E-state index contributed by atoms with van der Waals surface area (Å²) in [6.45, 7) is 4.84. The quantitative estimate of drug-likeness (QED) is 0.482. The van der Waals surface area contributed by atoms with Crippen molar-refractivity contribution < 1.29 is 9.53 Å². The Morgan fingerprint density at radius 1 is 1.18 bits per heavy atom. The third kappa shape index (κ3) is 5.64. The highest BCUT2D eigenvalue weighted by atomic mass is 79.9. The van der Waals surface area contributed by atoms with Gasteiger partial charge < -0.3 is 15.4 Å². The molecule has 0 fully saturated rings. The maximum Gasteiger partial charge on any atom is 0.240 e. The highest BCUT2D eigenvalue weighted by Crippen LogP contribution is 2.26. The van der Waals surface area contributed by atoms with E-state index in [4.69, 9.17) is 4.74 Å². The van der Waals surface area contributed by atoms with E-state index >= 15 is 0 Å². The molecule has 7 heteroatoms. The lowest BCUT2D eigenvalue weighted by atomic mass is 10.1. The maximum atomic E-state index is 12.2. The topological polar surface area (TPSA) is 63.2 Å². The largest absolute Gasteiger partial charge is 0.494 e. The van der Waals surface area contributed by atoms with Crippen LogP contribution in [0.4, 0.5) is 5.13 Å². The van der Waals surface area contributed by atoms with E-state index in [1.807, 2.05) is 67.8 Å². The molecule has 0 radical (unpaired) electrons. The predicted molar refractivity (Wildman–Crippen MR) is 118 cm³/mol. The fourth-order valence-electron chi connectivity index (χ4n) is 2.63. The molecule has 0 spiro atoms. The number of nitrogens with zero attached hydrogens (tertiary/aromatic N) is 1. The van der Waals surface area contributed by atoms with E-state index in [9.17, 15) is 4.79 Å². The van der Waals surface area contributed by atoms with Gasteiger partial charge in [0.1, 0.15) is 5.75 Å². The zero-order chi connectivity index (χ0) is 19.9. The zero-order valence-electron chi connectivity index (χ0n) is 15.7. The molecule has 0 bridgehead atoms. The van der Waals surface area contributed by atoms with Gasteiger partial charge in [-0.2, -0.15) is 0 Å². The summed E-state index contributed by atoms with van der Waals surface area (Å²) in [5.41, 5.74) is 2.97. The maximum absolute atomic E-state index is 12.2. The summed E-state index contributed by atoms with van der Waals surface area (Å²) in [5.74, 6) is 0.732. The molecule has 3 rings (SSSR count). The van der Waals surface area contributed by atoms with Crippen molar-refractivity contribution >= 4 is 38.3 Å². The van der Waals surface area contributed by atoms with Crippen LogP contribution in [0.2, 0.25) is 0 Å². The molecule has 3 aromatic rings. The Morgan fingerprint density at radius 3 is 2.57 bits per heavy atom. The summed E-state index contributed by atoms with van der Waals surface area (Å²) >= 11 is 4.84. The molecule has 2 N–H and O–H groups in total. The van der Waals surface area contributed by atoms with Gasteiger partial charge in [-0.25, -0.2) is 4.98 Å². The van der Waals surface area contributed by atoms with Gasteiger partial charge in [0.05, 0.1) is 18.8 Å². The van der Waals surface area contributed by atoms with Crippen molar-refractivity contribution in [2.24, 2.45) is 0 Å². The highest BCUT2D eigenvalue weighted by molar-refractivity contribution is 9.10. The van der Waals surface area contributed by atoms with Crippen molar-refractivity contribution in [1.29, 1.82) is 0 Å². The average molecular weight is 460 g/mol. The molecular formula is C21H22BrN3O2S. The summed E-state index contributed by atoms with van der Waals surface area (Å²) in [5, 5.41) is 8.62. The van der Waals surface area contributed by atoms with E-state index in [-0.39, 0.29) is 18.5 Å². The number of halogens is 1. The Kier molecular flexibility index (Phi) is 7.19. The average Bonchev–Trinajstić information content (AvgIpc) is 3.16. The minimum absolute atomic E-state index is 0.0519. The summed E-state index contributed by atoms with van der Waals surface area (Å²) in [7, 11) is 0. The van der Waals surface area contributed by atoms with E-state index in [2.05, 4.69) is 31.5 Å². The third-order valence-corrected chi connectivity index (χ3v) is 5.44. The van der Waals surface area contributed by atoms with Crippen LogP contribution in [0, 0.1) is 0 Å². The van der Waals surface area contributed by atoms with Crippen LogP contribution < -0.4 is 15.4 Å². The van der Waals surface area contributed by atoms with Gasteiger partial charge in [0.25, 0.3) is 0 Å². The second kappa shape index (κ2) is 9.82. The van der Waals surface area contributed by atoms with E-state index in [0.29, 0.717) is 11.7 Å². The molecule has 1 amide bonds. The molecule has 0 saturated heterocycles. The number of aromatic nitrogens is 1. The van der Waals surface area contributed by atoms with Crippen LogP contribution in [0.3, 0.4) is 0 Å². The molecule has 0 saturated carbocycles. The number of nitrogens with one attached hydrogen (secondary N) is 2. The molecule has 146 valence electrons. The monoisotopic (exact) mass is 459 g/mol. The normalized spacial score (nSPS) is 11.8. The zero-order valence-corrected chi connectivity index (χ0v) is 18.1. The molecule has 1 aromatic heterocycles. The fourth-order valence-corrected chi connectivity index (χ4v) is 3.63.